The number of aromatic nitrogens is 2. The summed E-state index contributed by atoms with van der Waals surface area (Å²) in [7, 11) is 1.63. The lowest BCUT2D eigenvalue weighted by molar-refractivity contribution is -0.130. The number of carbonyl (C=O) groups is 1. The summed E-state index contributed by atoms with van der Waals surface area (Å²) in [4.78, 5) is 18.7. The fourth-order valence-electron chi connectivity index (χ4n) is 2.83. The molecule has 1 aromatic heterocycles. The molecule has 0 N–H and O–H groups in total. The molecule has 0 spiro atoms. The minimum atomic E-state index is -0.179. The van der Waals surface area contributed by atoms with Gasteiger partial charge in [-0.05, 0) is 24.1 Å². The summed E-state index contributed by atoms with van der Waals surface area (Å²) in [6.07, 6.45) is 1.20. The number of nitrogens with zero attached hydrogens (tertiary/aromatic N) is 3. The molecule has 0 saturated carbocycles. The van der Waals surface area contributed by atoms with Gasteiger partial charge in [0.05, 0.1) is 7.11 Å². The standard InChI is InChI=1S/C18H23N3O3/c1-18(2,3)17-19-16(24-20-17)14-8-9-15(22)21(14)11-12-6-5-7-13(10-12)23-4/h5-7,10,14H,8-9,11H2,1-4H3. The number of methoxy groups -OCH3 is 1. The summed E-state index contributed by atoms with van der Waals surface area (Å²) in [5.74, 6) is 2.08. The van der Waals surface area contributed by atoms with Crippen LogP contribution in [0.1, 0.15) is 56.9 Å². The zero-order valence-corrected chi connectivity index (χ0v) is 14.6. The minimum Gasteiger partial charge on any atom is -0.497 e. The Kier molecular flexibility index (Phi) is 4.30. The Morgan fingerprint density at radius 2 is 2.17 bits per heavy atom. The van der Waals surface area contributed by atoms with Gasteiger partial charge in [0, 0.05) is 18.4 Å². The van der Waals surface area contributed by atoms with Crippen molar-refractivity contribution in [2.45, 2.75) is 51.6 Å². The summed E-state index contributed by atoms with van der Waals surface area (Å²) in [6.45, 7) is 6.62. The second kappa shape index (κ2) is 6.26. The largest absolute Gasteiger partial charge is 0.497 e. The van der Waals surface area contributed by atoms with E-state index in [-0.39, 0.29) is 17.4 Å². The van der Waals surface area contributed by atoms with Crippen LogP contribution in [0, 0.1) is 0 Å². The van der Waals surface area contributed by atoms with Gasteiger partial charge >= 0.3 is 0 Å². The zero-order chi connectivity index (χ0) is 17.3. The highest BCUT2D eigenvalue weighted by atomic mass is 16.5. The van der Waals surface area contributed by atoms with E-state index in [0.29, 0.717) is 31.1 Å². The third-order valence-electron chi connectivity index (χ3n) is 4.21. The van der Waals surface area contributed by atoms with Crippen molar-refractivity contribution in [3.05, 3.63) is 41.5 Å². The Labute approximate surface area is 141 Å². The van der Waals surface area contributed by atoms with Crippen LogP contribution < -0.4 is 4.74 Å². The molecule has 1 saturated heterocycles. The molecule has 128 valence electrons. The van der Waals surface area contributed by atoms with Crippen LogP contribution in [0.15, 0.2) is 28.8 Å². The highest BCUT2D eigenvalue weighted by molar-refractivity contribution is 5.78. The van der Waals surface area contributed by atoms with Crippen molar-refractivity contribution < 1.29 is 14.1 Å². The molecule has 0 aliphatic carbocycles. The third kappa shape index (κ3) is 3.27. The molecule has 2 heterocycles. The molecule has 1 aliphatic rings. The molecule has 1 amide bonds. The Bertz CT molecular complexity index is 733. The fraction of sp³-hybridized carbons (Fsp3) is 0.500. The van der Waals surface area contributed by atoms with Gasteiger partial charge in [0.2, 0.25) is 11.8 Å². The number of hydrogen-bond acceptors (Lipinski definition) is 5. The highest BCUT2D eigenvalue weighted by Gasteiger charge is 2.36. The molecule has 1 aliphatic heterocycles. The predicted octanol–water partition coefficient (Wildman–Crippen LogP) is 3.24. The van der Waals surface area contributed by atoms with Gasteiger partial charge in [0.1, 0.15) is 11.8 Å². The van der Waals surface area contributed by atoms with Crippen molar-refractivity contribution in [2.24, 2.45) is 0 Å². The highest BCUT2D eigenvalue weighted by Crippen LogP contribution is 2.34. The maximum absolute atomic E-state index is 12.3. The van der Waals surface area contributed by atoms with Crippen LogP contribution in [-0.2, 0) is 16.8 Å². The second-order valence-electron chi connectivity index (χ2n) is 7.13. The van der Waals surface area contributed by atoms with Crippen LogP contribution in [0.2, 0.25) is 0 Å². The molecule has 24 heavy (non-hydrogen) atoms. The number of hydrogen-bond donors (Lipinski definition) is 0. The molecule has 0 bridgehead atoms. The number of likely N-dealkylation sites (tertiary alicyclic amines) is 1. The van der Waals surface area contributed by atoms with Gasteiger partial charge in [0.15, 0.2) is 5.82 Å². The molecule has 1 aromatic carbocycles. The van der Waals surface area contributed by atoms with Crippen molar-refractivity contribution in [1.29, 1.82) is 0 Å². The first kappa shape index (κ1) is 16.5. The van der Waals surface area contributed by atoms with Crippen LogP contribution in [0.3, 0.4) is 0 Å². The van der Waals surface area contributed by atoms with Crippen molar-refractivity contribution in [3.63, 3.8) is 0 Å². The van der Waals surface area contributed by atoms with Crippen LogP contribution in [0.25, 0.3) is 0 Å². The van der Waals surface area contributed by atoms with Crippen molar-refractivity contribution in [3.8, 4) is 5.75 Å². The molecule has 2 aromatic rings. The summed E-state index contributed by atoms with van der Waals surface area (Å²) in [6, 6.07) is 7.58. The molecule has 3 rings (SSSR count). The molecule has 1 atom stereocenters. The van der Waals surface area contributed by atoms with Gasteiger partial charge in [-0.3, -0.25) is 4.79 Å². The average molecular weight is 329 g/mol. The van der Waals surface area contributed by atoms with Crippen molar-refractivity contribution in [2.75, 3.05) is 7.11 Å². The van der Waals surface area contributed by atoms with Crippen LogP contribution in [-0.4, -0.2) is 28.1 Å². The monoisotopic (exact) mass is 329 g/mol. The lowest BCUT2D eigenvalue weighted by atomic mass is 9.96. The zero-order valence-electron chi connectivity index (χ0n) is 14.6. The molecule has 6 heteroatoms. The average Bonchev–Trinajstić information content (AvgIpc) is 3.15. The van der Waals surface area contributed by atoms with Gasteiger partial charge in [-0.15, -0.1) is 0 Å². The van der Waals surface area contributed by atoms with E-state index < -0.39 is 0 Å². The van der Waals surface area contributed by atoms with Crippen LogP contribution in [0.4, 0.5) is 0 Å². The number of amides is 1. The Balaban J connectivity index is 1.83. The summed E-state index contributed by atoms with van der Waals surface area (Å²) >= 11 is 0. The van der Waals surface area contributed by atoms with E-state index >= 15 is 0 Å². The van der Waals surface area contributed by atoms with E-state index in [2.05, 4.69) is 10.1 Å². The SMILES string of the molecule is COc1cccc(CN2C(=O)CCC2c2nc(C(C)(C)C)no2)c1. The van der Waals surface area contributed by atoms with Crippen molar-refractivity contribution in [1.82, 2.24) is 15.0 Å². The van der Waals surface area contributed by atoms with E-state index in [4.69, 9.17) is 9.26 Å². The van der Waals surface area contributed by atoms with E-state index in [1.54, 1.807) is 7.11 Å². The second-order valence-corrected chi connectivity index (χ2v) is 7.13. The van der Waals surface area contributed by atoms with Gasteiger partial charge in [-0.2, -0.15) is 4.98 Å². The van der Waals surface area contributed by atoms with Crippen LogP contribution in [0.5, 0.6) is 5.75 Å². The Hall–Kier alpha value is -2.37. The molecule has 1 unspecified atom stereocenters. The first-order valence-corrected chi connectivity index (χ1v) is 8.15. The first-order chi connectivity index (χ1) is 11.4. The van der Waals surface area contributed by atoms with E-state index in [9.17, 15) is 4.79 Å². The fourth-order valence-corrected chi connectivity index (χ4v) is 2.83. The van der Waals surface area contributed by atoms with E-state index in [1.807, 2.05) is 49.9 Å². The molecular formula is C18H23N3O3. The topological polar surface area (TPSA) is 68.5 Å². The van der Waals surface area contributed by atoms with Gasteiger partial charge in [0.25, 0.3) is 0 Å². The maximum atomic E-state index is 12.3. The Morgan fingerprint density at radius 3 is 2.83 bits per heavy atom. The van der Waals surface area contributed by atoms with E-state index in [0.717, 1.165) is 11.3 Å². The lowest BCUT2D eigenvalue weighted by Gasteiger charge is -2.22. The summed E-state index contributed by atoms with van der Waals surface area (Å²) < 4.78 is 10.7. The van der Waals surface area contributed by atoms with Gasteiger partial charge in [-0.1, -0.05) is 38.1 Å². The maximum Gasteiger partial charge on any atom is 0.249 e. The lowest BCUT2D eigenvalue weighted by Crippen LogP contribution is -2.27. The smallest absolute Gasteiger partial charge is 0.249 e. The molecular weight excluding hydrogens is 306 g/mol. The number of carbonyl (C=O) groups excluding carboxylic acids is 1. The van der Waals surface area contributed by atoms with Gasteiger partial charge < -0.3 is 14.2 Å². The number of rotatable bonds is 4. The summed E-state index contributed by atoms with van der Waals surface area (Å²) in [5.41, 5.74) is 0.840. The summed E-state index contributed by atoms with van der Waals surface area (Å²) in [5, 5.41) is 4.08. The number of benzene rings is 1. The number of ether oxygens (including phenoxy) is 1. The van der Waals surface area contributed by atoms with Gasteiger partial charge in [-0.25, -0.2) is 0 Å². The quantitative estimate of drug-likeness (QED) is 0.861. The molecule has 6 nitrogen and oxygen atoms in total. The van der Waals surface area contributed by atoms with Crippen LogP contribution >= 0.6 is 0 Å². The normalized spacial score (nSPS) is 18.2. The molecule has 0 radical (unpaired) electrons. The molecule has 1 fully saturated rings. The minimum absolute atomic E-state index is 0.110. The third-order valence-corrected chi connectivity index (χ3v) is 4.21. The first-order valence-electron chi connectivity index (χ1n) is 8.15. The predicted molar refractivity (Wildman–Crippen MR) is 88.5 cm³/mol. The Morgan fingerprint density at radius 1 is 1.38 bits per heavy atom. The van der Waals surface area contributed by atoms with E-state index in [1.165, 1.54) is 0 Å². The van der Waals surface area contributed by atoms with Crippen molar-refractivity contribution >= 4 is 5.91 Å².